The summed E-state index contributed by atoms with van der Waals surface area (Å²) in [4.78, 5) is 0. The van der Waals surface area contributed by atoms with E-state index in [4.69, 9.17) is 10.5 Å². The fourth-order valence-corrected chi connectivity index (χ4v) is 2.50. The van der Waals surface area contributed by atoms with Gasteiger partial charge in [0.15, 0.2) is 0 Å². The molecule has 0 aliphatic carbocycles. The van der Waals surface area contributed by atoms with Gasteiger partial charge in [-0.05, 0) is 44.2 Å². The standard InChI is InChI=1S/C18H28N4O/c1-14(2)12-18-17(13-19)20-21-22(18)10-4-5-11-23-16-8-6-15(3)7-9-16/h6-9,14H,4-5,10-13,19H2,1-3H3. The Morgan fingerprint density at radius 3 is 2.57 bits per heavy atom. The minimum atomic E-state index is 0.457. The molecule has 0 aliphatic heterocycles. The van der Waals surface area contributed by atoms with Crippen LogP contribution < -0.4 is 10.5 Å². The van der Waals surface area contributed by atoms with Crippen molar-refractivity contribution >= 4 is 0 Å². The van der Waals surface area contributed by atoms with E-state index in [0.717, 1.165) is 43.9 Å². The Morgan fingerprint density at radius 1 is 1.17 bits per heavy atom. The lowest BCUT2D eigenvalue weighted by Crippen LogP contribution is -2.11. The van der Waals surface area contributed by atoms with Crippen molar-refractivity contribution in [2.45, 2.75) is 53.1 Å². The highest BCUT2D eigenvalue weighted by atomic mass is 16.5. The molecule has 0 saturated carbocycles. The molecule has 2 rings (SSSR count). The molecule has 5 nitrogen and oxygen atoms in total. The lowest BCUT2D eigenvalue weighted by atomic mass is 10.1. The molecule has 1 aromatic heterocycles. The Balaban J connectivity index is 1.77. The molecule has 0 bridgehead atoms. The number of rotatable bonds is 9. The van der Waals surface area contributed by atoms with Gasteiger partial charge in [-0.3, -0.25) is 0 Å². The lowest BCUT2D eigenvalue weighted by molar-refractivity contribution is 0.301. The average molecular weight is 316 g/mol. The van der Waals surface area contributed by atoms with Crippen molar-refractivity contribution in [3.05, 3.63) is 41.2 Å². The first-order valence-electron chi connectivity index (χ1n) is 8.41. The number of nitrogens with zero attached hydrogens (tertiary/aromatic N) is 3. The zero-order chi connectivity index (χ0) is 16.7. The second-order valence-corrected chi connectivity index (χ2v) is 6.38. The monoisotopic (exact) mass is 316 g/mol. The van der Waals surface area contributed by atoms with Crippen LogP contribution in [-0.4, -0.2) is 21.6 Å². The van der Waals surface area contributed by atoms with E-state index < -0.39 is 0 Å². The minimum Gasteiger partial charge on any atom is -0.494 e. The first-order valence-corrected chi connectivity index (χ1v) is 8.41. The summed E-state index contributed by atoms with van der Waals surface area (Å²) >= 11 is 0. The molecule has 23 heavy (non-hydrogen) atoms. The molecule has 0 spiro atoms. The van der Waals surface area contributed by atoms with Crippen LogP contribution in [0.15, 0.2) is 24.3 Å². The molecule has 1 aromatic carbocycles. The van der Waals surface area contributed by atoms with Gasteiger partial charge in [-0.25, -0.2) is 4.68 Å². The molecule has 0 amide bonds. The van der Waals surface area contributed by atoms with Crippen LogP contribution in [0.5, 0.6) is 5.75 Å². The van der Waals surface area contributed by atoms with Crippen molar-refractivity contribution in [2.75, 3.05) is 6.61 Å². The first kappa shape index (κ1) is 17.5. The Morgan fingerprint density at radius 2 is 1.91 bits per heavy atom. The van der Waals surface area contributed by atoms with Crippen LogP contribution in [0.4, 0.5) is 0 Å². The predicted octanol–water partition coefficient (Wildman–Crippen LogP) is 3.10. The van der Waals surface area contributed by atoms with Crippen molar-refractivity contribution in [3.63, 3.8) is 0 Å². The van der Waals surface area contributed by atoms with Crippen LogP contribution in [0.1, 0.15) is 43.6 Å². The summed E-state index contributed by atoms with van der Waals surface area (Å²) < 4.78 is 7.76. The molecule has 0 unspecified atom stereocenters. The lowest BCUT2D eigenvalue weighted by Gasteiger charge is -2.10. The Labute approximate surface area is 138 Å². The summed E-state index contributed by atoms with van der Waals surface area (Å²) in [5, 5.41) is 8.45. The van der Waals surface area contributed by atoms with Gasteiger partial charge in [0.1, 0.15) is 5.75 Å². The quantitative estimate of drug-likeness (QED) is 0.722. The molecule has 2 N–H and O–H groups in total. The molecule has 0 radical (unpaired) electrons. The minimum absolute atomic E-state index is 0.457. The fourth-order valence-electron chi connectivity index (χ4n) is 2.50. The van der Waals surface area contributed by atoms with Gasteiger partial charge in [0.05, 0.1) is 18.0 Å². The highest BCUT2D eigenvalue weighted by Gasteiger charge is 2.12. The predicted molar refractivity (Wildman–Crippen MR) is 92.4 cm³/mol. The van der Waals surface area contributed by atoms with Gasteiger partial charge in [-0.15, -0.1) is 5.10 Å². The topological polar surface area (TPSA) is 66.0 Å². The van der Waals surface area contributed by atoms with Gasteiger partial charge in [-0.1, -0.05) is 36.8 Å². The van der Waals surface area contributed by atoms with Gasteiger partial charge in [0, 0.05) is 13.1 Å². The van der Waals surface area contributed by atoms with Crippen molar-refractivity contribution in [1.82, 2.24) is 15.0 Å². The van der Waals surface area contributed by atoms with E-state index in [1.54, 1.807) is 0 Å². The second kappa shape index (κ2) is 8.67. The van der Waals surface area contributed by atoms with Crippen molar-refractivity contribution in [2.24, 2.45) is 11.7 Å². The Kier molecular flexibility index (Phi) is 6.59. The maximum Gasteiger partial charge on any atom is 0.119 e. The van der Waals surface area contributed by atoms with Crippen LogP contribution in [0, 0.1) is 12.8 Å². The van der Waals surface area contributed by atoms with E-state index >= 15 is 0 Å². The number of ether oxygens (including phenoxy) is 1. The summed E-state index contributed by atoms with van der Waals surface area (Å²) in [6, 6.07) is 8.16. The second-order valence-electron chi connectivity index (χ2n) is 6.38. The third-order valence-electron chi connectivity index (χ3n) is 3.77. The first-order chi connectivity index (χ1) is 11.1. The Bertz CT molecular complexity index is 590. The van der Waals surface area contributed by atoms with Gasteiger partial charge >= 0.3 is 0 Å². The van der Waals surface area contributed by atoms with E-state index in [0.29, 0.717) is 12.5 Å². The molecule has 5 heteroatoms. The number of unbranched alkanes of at least 4 members (excludes halogenated alkanes) is 1. The van der Waals surface area contributed by atoms with Crippen LogP contribution >= 0.6 is 0 Å². The Hall–Kier alpha value is -1.88. The number of aryl methyl sites for hydroxylation is 2. The van der Waals surface area contributed by atoms with Gasteiger partial charge in [0.2, 0.25) is 0 Å². The van der Waals surface area contributed by atoms with Crippen LogP contribution in [0.2, 0.25) is 0 Å². The molecular formula is C18H28N4O. The van der Waals surface area contributed by atoms with E-state index in [2.05, 4.69) is 43.2 Å². The zero-order valence-corrected chi connectivity index (χ0v) is 14.5. The number of aromatic nitrogens is 3. The van der Waals surface area contributed by atoms with E-state index in [1.165, 1.54) is 11.3 Å². The molecule has 0 fully saturated rings. The third kappa shape index (κ3) is 5.36. The normalized spacial score (nSPS) is 11.2. The fraction of sp³-hybridized carbons (Fsp3) is 0.556. The highest BCUT2D eigenvalue weighted by Crippen LogP contribution is 2.14. The molecule has 1 heterocycles. The smallest absolute Gasteiger partial charge is 0.119 e. The number of nitrogens with two attached hydrogens (primary N) is 1. The van der Waals surface area contributed by atoms with E-state index in [9.17, 15) is 0 Å². The van der Waals surface area contributed by atoms with Crippen LogP contribution in [-0.2, 0) is 19.5 Å². The summed E-state index contributed by atoms with van der Waals surface area (Å²) in [7, 11) is 0. The summed E-state index contributed by atoms with van der Waals surface area (Å²) in [5.74, 6) is 1.50. The van der Waals surface area contributed by atoms with Gasteiger partial charge < -0.3 is 10.5 Å². The average Bonchev–Trinajstić information content (AvgIpc) is 2.90. The molecule has 0 aliphatic rings. The maximum atomic E-state index is 5.76. The van der Waals surface area contributed by atoms with E-state index in [1.807, 2.05) is 16.8 Å². The van der Waals surface area contributed by atoms with Gasteiger partial charge in [-0.2, -0.15) is 0 Å². The molecule has 0 atom stereocenters. The van der Waals surface area contributed by atoms with E-state index in [-0.39, 0.29) is 0 Å². The SMILES string of the molecule is Cc1ccc(OCCCCn2nnc(CN)c2CC(C)C)cc1. The molecule has 2 aromatic rings. The summed E-state index contributed by atoms with van der Waals surface area (Å²) in [6.07, 6.45) is 2.98. The molecular weight excluding hydrogens is 288 g/mol. The van der Waals surface area contributed by atoms with Crippen molar-refractivity contribution < 1.29 is 4.74 Å². The number of hydrogen-bond donors (Lipinski definition) is 1. The van der Waals surface area contributed by atoms with Gasteiger partial charge in [0.25, 0.3) is 0 Å². The van der Waals surface area contributed by atoms with Crippen LogP contribution in [0.25, 0.3) is 0 Å². The number of benzene rings is 1. The van der Waals surface area contributed by atoms with Crippen LogP contribution in [0.3, 0.4) is 0 Å². The van der Waals surface area contributed by atoms with Crippen molar-refractivity contribution in [3.8, 4) is 5.75 Å². The number of hydrogen-bond acceptors (Lipinski definition) is 4. The summed E-state index contributed by atoms with van der Waals surface area (Å²) in [5.41, 5.74) is 9.11. The highest BCUT2D eigenvalue weighted by molar-refractivity contribution is 5.26. The molecule has 0 saturated heterocycles. The third-order valence-corrected chi connectivity index (χ3v) is 3.77. The maximum absolute atomic E-state index is 5.76. The summed E-state index contributed by atoms with van der Waals surface area (Å²) in [6.45, 7) is 8.53. The molecule has 126 valence electrons. The largest absolute Gasteiger partial charge is 0.494 e. The van der Waals surface area contributed by atoms with Crippen molar-refractivity contribution in [1.29, 1.82) is 0 Å². The zero-order valence-electron chi connectivity index (χ0n) is 14.5.